The molecule has 1 aromatic carbocycles. The van der Waals surface area contributed by atoms with Gasteiger partial charge >= 0.3 is 0 Å². The number of rotatable bonds is 4. The number of amides is 1. The molecule has 1 aliphatic carbocycles. The first-order valence-electron chi connectivity index (χ1n) is 7.95. The standard InChI is InChI=1S/C18H18ClIN2O2/c19-12-5-10-17(21-11-12)24-14-8-6-13(7-9-14)22-18(23)15-3-1-2-4-16(15)20/h1-5,10-11,13-14H,6-9H2,(H,22,23). The Morgan fingerprint density at radius 1 is 1.17 bits per heavy atom. The molecule has 1 fully saturated rings. The molecule has 0 spiro atoms. The Morgan fingerprint density at radius 2 is 1.92 bits per heavy atom. The van der Waals surface area contributed by atoms with Gasteiger partial charge in [-0.15, -0.1) is 0 Å². The summed E-state index contributed by atoms with van der Waals surface area (Å²) in [6, 6.07) is 11.4. The maximum absolute atomic E-state index is 12.4. The number of pyridine rings is 1. The number of ether oxygens (including phenoxy) is 1. The number of halogens is 2. The molecule has 0 saturated heterocycles. The lowest BCUT2D eigenvalue weighted by molar-refractivity contribution is 0.0889. The zero-order valence-corrected chi connectivity index (χ0v) is 16.0. The minimum Gasteiger partial charge on any atom is -0.474 e. The Kier molecular flexibility index (Phi) is 5.94. The third-order valence-electron chi connectivity index (χ3n) is 4.12. The van der Waals surface area contributed by atoms with Gasteiger partial charge in [0.05, 0.1) is 10.6 Å². The quantitative estimate of drug-likeness (QED) is 0.691. The average Bonchev–Trinajstić information content (AvgIpc) is 2.59. The lowest BCUT2D eigenvalue weighted by Crippen LogP contribution is -2.40. The topological polar surface area (TPSA) is 51.2 Å². The van der Waals surface area contributed by atoms with Crippen molar-refractivity contribution in [1.82, 2.24) is 10.3 Å². The van der Waals surface area contributed by atoms with Gasteiger partial charge in [0.2, 0.25) is 5.88 Å². The Labute approximate surface area is 160 Å². The number of benzene rings is 1. The van der Waals surface area contributed by atoms with Crippen LogP contribution in [-0.2, 0) is 0 Å². The number of carbonyl (C=O) groups is 1. The molecule has 1 amide bonds. The van der Waals surface area contributed by atoms with Crippen LogP contribution in [0.4, 0.5) is 0 Å². The van der Waals surface area contributed by atoms with Gasteiger partial charge in [-0.25, -0.2) is 4.98 Å². The van der Waals surface area contributed by atoms with Crippen LogP contribution in [0.1, 0.15) is 36.0 Å². The van der Waals surface area contributed by atoms with E-state index in [0.29, 0.717) is 10.9 Å². The van der Waals surface area contributed by atoms with Gasteiger partial charge in [0.1, 0.15) is 6.10 Å². The molecule has 6 heteroatoms. The van der Waals surface area contributed by atoms with Gasteiger partial charge in [-0.3, -0.25) is 4.79 Å². The molecule has 0 atom stereocenters. The predicted molar refractivity (Wildman–Crippen MR) is 103 cm³/mol. The number of nitrogens with one attached hydrogen (secondary N) is 1. The number of nitrogens with zero attached hydrogens (tertiary/aromatic N) is 1. The van der Waals surface area contributed by atoms with Crippen LogP contribution >= 0.6 is 34.2 Å². The Balaban J connectivity index is 1.49. The molecule has 126 valence electrons. The van der Waals surface area contributed by atoms with E-state index in [1.165, 1.54) is 0 Å². The second-order valence-corrected chi connectivity index (χ2v) is 7.46. The zero-order chi connectivity index (χ0) is 16.9. The van der Waals surface area contributed by atoms with Gasteiger partial charge in [-0.2, -0.15) is 0 Å². The summed E-state index contributed by atoms with van der Waals surface area (Å²) in [6.45, 7) is 0. The highest BCUT2D eigenvalue weighted by Gasteiger charge is 2.24. The largest absolute Gasteiger partial charge is 0.474 e. The molecule has 24 heavy (non-hydrogen) atoms. The van der Waals surface area contributed by atoms with Gasteiger partial charge < -0.3 is 10.1 Å². The predicted octanol–water partition coefficient (Wildman–Crippen LogP) is 4.46. The fourth-order valence-corrected chi connectivity index (χ4v) is 3.58. The molecule has 1 heterocycles. The molecule has 1 N–H and O–H groups in total. The second-order valence-electron chi connectivity index (χ2n) is 5.86. The van der Waals surface area contributed by atoms with Crippen molar-refractivity contribution in [3.05, 3.63) is 56.8 Å². The molecule has 3 rings (SSSR count). The molecule has 0 bridgehead atoms. The van der Waals surface area contributed by atoms with Crippen LogP contribution in [0, 0.1) is 3.57 Å². The summed E-state index contributed by atoms with van der Waals surface area (Å²) in [7, 11) is 0. The van der Waals surface area contributed by atoms with Crippen LogP contribution in [0.2, 0.25) is 5.02 Å². The van der Waals surface area contributed by atoms with Crippen LogP contribution in [0.5, 0.6) is 5.88 Å². The van der Waals surface area contributed by atoms with E-state index < -0.39 is 0 Å². The number of hydrogen-bond acceptors (Lipinski definition) is 3. The van der Waals surface area contributed by atoms with E-state index in [4.69, 9.17) is 16.3 Å². The lowest BCUT2D eigenvalue weighted by atomic mass is 9.92. The SMILES string of the molecule is O=C(NC1CCC(Oc2ccc(Cl)cn2)CC1)c1ccccc1I. The third kappa shape index (κ3) is 4.60. The summed E-state index contributed by atoms with van der Waals surface area (Å²) in [5.74, 6) is 0.606. The van der Waals surface area contributed by atoms with Crippen LogP contribution in [0.25, 0.3) is 0 Å². The smallest absolute Gasteiger partial charge is 0.252 e. The molecule has 0 radical (unpaired) electrons. The maximum Gasteiger partial charge on any atom is 0.252 e. The first-order valence-corrected chi connectivity index (χ1v) is 9.41. The fraction of sp³-hybridized carbons (Fsp3) is 0.333. The molecule has 2 aromatic rings. The Morgan fingerprint density at radius 3 is 2.58 bits per heavy atom. The Bertz CT molecular complexity index is 700. The molecule has 1 saturated carbocycles. The molecule has 1 aliphatic rings. The summed E-state index contributed by atoms with van der Waals surface area (Å²) in [6.07, 6.45) is 5.36. The van der Waals surface area contributed by atoms with Crippen molar-refractivity contribution in [3.8, 4) is 5.88 Å². The van der Waals surface area contributed by atoms with E-state index in [1.807, 2.05) is 24.3 Å². The van der Waals surface area contributed by atoms with Crippen molar-refractivity contribution in [2.24, 2.45) is 0 Å². The van der Waals surface area contributed by atoms with Gasteiger partial charge in [-0.1, -0.05) is 23.7 Å². The van der Waals surface area contributed by atoms with Gasteiger partial charge in [0.15, 0.2) is 0 Å². The average molecular weight is 457 g/mol. The summed E-state index contributed by atoms with van der Waals surface area (Å²) >= 11 is 8.02. The van der Waals surface area contributed by atoms with E-state index in [-0.39, 0.29) is 18.1 Å². The molecular weight excluding hydrogens is 439 g/mol. The highest BCUT2D eigenvalue weighted by Crippen LogP contribution is 2.24. The molecule has 1 aromatic heterocycles. The lowest BCUT2D eigenvalue weighted by Gasteiger charge is -2.29. The monoisotopic (exact) mass is 456 g/mol. The van der Waals surface area contributed by atoms with Crippen LogP contribution < -0.4 is 10.1 Å². The maximum atomic E-state index is 12.4. The van der Waals surface area contributed by atoms with E-state index in [1.54, 1.807) is 18.3 Å². The number of hydrogen-bond donors (Lipinski definition) is 1. The molecule has 0 aliphatic heterocycles. The highest BCUT2D eigenvalue weighted by molar-refractivity contribution is 14.1. The Hall–Kier alpha value is -1.34. The number of carbonyl (C=O) groups excluding carboxylic acids is 1. The summed E-state index contributed by atoms with van der Waals surface area (Å²) < 4.78 is 6.85. The fourth-order valence-electron chi connectivity index (χ4n) is 2.84. The zero-order valence-electron chi connectivity index (χ0n) is 13.0. The minimum absolute atomic E-state index is 0.00346. The molecule has 4 nitrogen and oxygen atoms in total. The van der Waals surface area contributed by atoms with Crippen molar-refractivity contribution < 1.29 is 9.53 Å². The van der Waals surface area contributed by atoms with Crippen molar-refractivity contribution in [1.29, 1.82) is 0 Å². The van der Waals surface area contributed by atoms with Gasteiger partial charge in [-0.05, 0) is 66.5 Å². The van der Waals surface area contributed by atoms with E-state index in [0.717, 1.165) is 34.8 Å². The van der Waals surface area contributed by atoms with Crippen molar-refractivity contribution in [2.45, 2.75) is 37.8 Å². The summed E-state index contributed by atoms with van der Waals surface area (Å²) in [5.41, 5.74) is 0.738. The summed E-state index contributed by atoms with van der Waals surface area (Å²) in [5, 5.41) is 3.74. The van der Waals surface area contributed by atoms with Crippen LogP contribution in [-0.4, -0.2) is 23.0 Å². The van der Waals surface area contributed by atoms with Crippen molar-refractivity contribution in [2.75, 3.05) is 0 Å². The minimum atomic E-state index is 0.00346. The second kappa shape index (κ2) is 8.16. The van der Waals surface area contributed by atoms with Crippen molar-refractivity contribution in [3.63, 3.8) is 0 Å². The van der Waals surface area contributed by atoms with Gasteiger partial charge in [0, 0.05) is 21.9 Å². The highest BCUT2D eigenvalue weighted by atomic mass is 127. The number of aromatic nitrogens is 1. The van der Waals surface area contributed by atoms with Crippen LogP contribution in [0.3, 0.4) is 0 Å². The third-order valence-corrected chi connectivity index (χ3v) is 5.28. The first kappa shape index (κ1) is 17.5. The van der Waals surface area contributed by atoms with E-state index >= 15 is 0 Å². The normalized spacial score (nSPS) is 20.4. The molecule has 0 unspecified atom stereocenters. The van der Waals surface area contributed by atoms with Crippen LogP contribution in [0.15, 0.2) is 42.6 Å². The van der Waals surface area contributed by atoms with Gasteiger partial charge in [0.25, 0.3) is 5.91 Å². The van der Waals surface area contributed by atoms with E-state index in [2.05, 4.69) is 32.9 Å². The van der Waals surface area contributed by atoms with E-state index in [9.17, 15) is 4.79 Å². The van der Waals surface area contributed by atoms with Crippen molar-refractivity contribution >= 4 is 40.1 Å². The first-order chi connectivity index (χ1) is 11.6. The summed E-state index contributed by atoms with van der Waals surface area (Å²) in [4.78, 5) is 16.5. The molecular formula is C18H18ClIN2O2.